The number of hydrogen-bond acceptors (Lipinski definition) is 2. The normalized spacial score (nSPS) is 17.8. The minimum atomic E-state index is -0.306. The van der Waals surface area contributed by atoms with Gasteiger partial charge in [0.25, 0.3) is 0 Å². The summed E-state index contributed by atoms with van der Waals surface area (Å²) in [4.78, 5) is 16.2. The quantitative estimate of drug-likeness (QED) is 0.899. The van der Waals surface area contributed by atoms with Gasteiger partial charge in [-0.2, -0.15) is 0 Å². The third kappa shape index (κ3) is 2.50. The Kier molecular flexibility index (Phi) is 3.03. The molecule has 3 rings (SSSR count). The van der Waals surface area contributed by atoms with Crippen molar-refractivity contribution in [2.75, 3.05) is 5.32 Å². The molecule has 2 aromatic rings. The summed E-state index contributed by atoms with van der Waals surface area (Å²) in [5, 5.41) is 2.83. The molecule has 19 heavy (non-hydrogen) atoms. The van der Waals surface area contributed by atoms with E-state index in [1.54, 1.807) is 24.7 Å². The predicted octanol–water partition coefficient (Wildman–Crippen LogP) is 2.22. The van der Waals surface area contributed by atoms with Gasteiger partial charge in [0.15, 0.2) is 0 Å². The molecule has 4 nitrogen and oxygen atoms in total. The van der Waals surface area contributed by atoms with Crippen LogP contribution < -0.4 is 5.32 Å². The third-order valence-corrected chi connectivity index (χ3v) is 3.46. The number of anilines is 1. The molecule has 98 valence electrons. The predicted molar refractivity (Wildman–Crippen MR) is 69.1 cm³/mol. The van der Waals surface area contributed by atoms with Crippen molar-refractivity contribution in [3.63, 3.8) is 0 Å². The summed E-state index contributed by atoms with van der Waals surface area (Å²) in [6.45, 7) is 0.816. The summed E-state index contributed by atoms with van der Waals surface area (Å²) in [7, 11) is 0. The molecule has 1 unspecified atom stereocenters. The van der Waals surface area contributed by atoms with E-state index in [1.165, 1.54) is 12.1 Å². The topological polar surface area (TPSA) is 46.9 Å². The Balaban J connectivity index is 1.67. The molecule has 0 radical (unpaired) electrons. The number of carbonyl (C=O) groups is 1. The van der Waals surface area contributed by atoms with Crippen LogP contribution in [0.15, 0.2) is 36.8 Å². The van der Waals surface area contributed by atoms with Crippen LogP contribution in [-0.4, -0.2) is 15.5 Å². The molecular formula is C14H14FN3O. The SMILES string of the molecule is O=C(Nc1ccc(F)cc1)C1CCn2cncc2C1. The highest BCUT2D eigenvalue weighted by Gasteiger charge is 2.24. The van der Waals surface area contributed by atoms with Crippen molar-refractivity contribution < 1.29 is 9.18 Å². The Labute approximate surface area is 110 Å². The highest BCUT2D eigenvalue weighted by Crippen LogP contribution is 2.21. The minimum Gasteiger partial charge on any atom is -0.335 e. The van der Waals surface area contributed by atoms with Gasteiger partial charge in [0, 0.05) is 36.5 Å². The first-order valence-electron chi connectivity index (χ1n) is 6.28. The third-order valence-electron chi connectivity index (χ3n) is 3.46. The van der Waals surface area contributed by atoms with Crippen molar-refractivity contribution in [2.45, 2.75) is 19.4 Å². The number of nitrogens with zero attached hydrogens (tertiary/aromatic N) is 2. The van der Waals surface area contributed by atoms with Crippen molar-refractivity contribution in [2.24, 2.45) is 5.92 Å². The fourth-order valence-electron chi connectivity index (χ4n) is 2.37. The van der Waals surface area contributed by atoms with Gasteiger partial charge in [0.2, 0.25) is 5.91 Å². The Morgan fingerprint density at radius 1 is 1.37 bits per heavy atom. The number of fused-ring (bicyclic) bond motifs is 1. The van der Waals surface area contributed by atoms with Crippen molar-refractivity contribution in [1.29, 1.82) is 0 Å². The lowest BCUT2D eigenvalue weighted by Crippen LogP contribution is -2.29. The maximum atomic E-state index is 12.8. The average Bonchev–Trinajstić information content (AvgIpc) is 2.88. The van der Waals surface area contributed by atoms with E-state index >= 15 is 0 Å². The lowest BCUT2D eigenvalue weighted by atomic mass is 9.95. The molecule has 0 spiro atoms. The molecule has 1 aliphatic rings. The number of hydrogen-bond donors (Lipinski definition) is 1. The number of aromatic nitrogens is 2. The van der Waals surface area contributed by atoms with E-state index in [1.807, 2.05) is 0 Å². The highest BCUT2D eigenvalue weighted by molar-refractivity contribution is 5.92. The Morgan fingerprint density at radius 2 is 2.16 bits per heavy atom. The van der Waals surface area contributed by atoms with Crippen LogP contribution in [-0.2, 0) is 17.8 Å². The van der Waals surface area contributed by atoms with Gasteiger partial charge in [0.1, 0.15) is 5.82 Å². The first-order valence-corrected chi connectivity index (χ1v) is 6.28. The van der Waals surface area contributed by atoms with Gasteiger partial charge < -0.3 is 9.88 Å². The van der Waals surface area contributed by atoms with Gasteiger partial charge in [0.05, 0.1) is 6.33 Å². The lowest BCUT2D eigenvalue weighted by Gasteiger charge is -2.22. The molecule has 0 saturated carbocycles. The monoisotopic (exact) mass is 259 g/mol. The van der Waals surface area contributed by atoms with Crippen LogP contribution in [0.3, 0.4) is 0 Å². The summed E-state index contributed by atoms with van der Waals surface area (Å²) in [5.74, 6) is -0.368. The molecule has 5 heteroatoms. The van der Waals surface area contributed by atoms with Gasteiger partial charge in [-0.15, -0.1) is 0 Å². The molecule has 1 N–H and O–H groups in total. The fraction of sp³-hybridized carbons (Fsp3) is 0.286. The van der Waals surface area contributed by atoms with E-state index in [9.17, 15) is 9.18 Å². The van der Waals surface area contributed by atoms with Gasteiger partial charge in [-0.25, -0.2) is 9.37 Å². The molecule has 2 heterocycles. The molecule has 1 atom stereocenters. The summed E-state index contributed by atoms with van der Waals surface area (Å²) in [6, 6.07) is 5.82. The number of carbonyl (C=O) groups excluding carboxylic acids is 1. The molecule has 0 bridgehead atoms. The number of aryl methyl sites for hydroxylation is 1. The molecule has 0 aliphatic carbocycles. The molecule has 0 saturated heterocycles. The van der Waals surface area contributed by atoms with E-state index < -0.39 is 0 Å². The van der Waals surface area contributed by atoms with E-state index in [4.69, 9.17) is 0 Å². The molecule has 0 fully saturated rings. The summed E-state index contributed by atoms with van der Waals surface area (Å²) >= 11 is 0. The number of halogens is 1. The van der Waals surface area contributed by atoms with E-state index in [2.05, 4.69) is 14.9 Å². The Morgan fingerprint density at radius 3 is 2.95 bits per heavy atom. The van der Waals surface area contributed by atoms with Crippen molar-refractivity contribution in [3.05, 3.63) is 48.3 Å². The standard InChI is InChI=1S/C14H14FN3O/c15-11-1-3-12(4-2-11)17-14(19)10-5-6-18-9-16-8-13(18)7-10/h1-4,8-10H,5-7H2,(H,17,19). The Bertz CT molecular complexity index is 591. The zero-order valence-electron chi connectivity index (χ0n) is 10.3. The molecule has 1 aromatic carbocycles. The first-order chi connectivity index (χ1) is 9.22. The van der Waals surface area contributed by atoms with Crippen LogP contribution in [0.2, 0.25) is 0 Å². The minimum absolute atomic E-state index is 0.0148. The maximum absolute atomic E-state index is 12.8. The largest absolute Gasteiger partial charge is 0.335 e. The molecular weight excluding hydrogens is 245 g/mol. The highest BCUT2D eigenvalue weighted by atomic mass is 19.1. The zero-order valence-corrected chi connectivity index (χ0v) is 10.3. The number of imidazole rings is 1. The average molecular weight is 259 g/mol. The van der Waals surface area contributed by atoms with Crippen LogP contribution in [0, 0.1) is 11.7 Å². The number of rotatable bonds is 2. The van der Waals surface area contributed by atoms with Gasteiger partial charge in [-0.1, -0.05) is 0 Å². The summed E-state index contributed by atoms with van der Waals surface area (Å²) < 4.78 is 14.9. The smallest absolute Gasteiger partial charge is 0.227 e. The van der Waals surface area contributed by atoms with Crippen LogP contribution in [0.5, 0.6) is 0 Å². The Hall–Kier alpha value is -2.17. The van der Waals surface area contributed by atoms with Gasteiger partial charge >= 0.3 is 0 Å². The first kappa shape index (κ1) is 11.9. The fourth-order valence-corrected chi connectivity index (χ4v) is 2.37. The van der Waals surface area contributed by atoms with Gasteiger partial charge in [-0.3, -0.25) is 4.79 Å². The molecule has 1 amide bonds. The van der Waals surface area contributed by atoms with E-state index in [-0.39, 0.29) is 17.6 Å². The maximum Gasteiger partial charge on any atom is 0.227 e. The van der Waals surface area contributed by atoms with Crippen LogP contribution in [0.1, 0.15) is 12.1 Å². The second kappa shape index (κ2) is 4.84. The van der Waals surface area contributed by atoms with Crippen LogP contribution >= 0.6 is 0 Å². The van der Waals surface area contributed by atoms with Crippen LogP contribution in [0.4, 0.5) is 10.1 Å². The van der Waals surface area contributed by atoms with E-state index in [0.717, 1.165) is 18.7 Å². The molecule has 1 aliphatic heterocycles. The molecule has 1 aromatic heterocycles. The van der Waals surface area contributed by atoms with Crippen molar-refractivity contribution in [3.8, 4) is 0 Å². The van der Waals surface area contributed by atoms with Gasteiger partial charge in [-0.05, 0) is 30.7 Å². The van der Waals surface area contributed by atoms with Crippen molar-refractivity contribution in [1.82, 2.24) is 9.55 Å². The zero-order chi connectivity index (χ0) is 13.2. The number of benzene rings is 1. The second-order valence-corrected chi connectivity index (χ2v) is 4.76. The number of nitrogens with one attached hydrogen (secondary N) is 1. The number of amides is 1. The van der Waals surface area contributed by atoms with Crippen LogP contribution in [0.25, 0.3) is 0 Å². The van der Waals surface area contributed by atoms with E-state index in [0.29, 0.717) is 12.1 Å². The van der Waals surface area contributed by atoms with Crippen molar-refractivity contribution >= 4 is 11.6 Å². The second-order valence-electron chi connectivity index (χ2n) is 4.76. The summed E-state index contributed by atoms with van der Waals surface area (Å²) in [6.07, 6.45) is 5.10. The summed E-state index contributed by atoms with van der Waals surface area (Å²) in [5.41, 5.74) is 1.72. The lowest BCUT2D eigenvalue weighted by molar-refractivity contribution is -0.120.